The third-order valence-corrected chi connectivity index (χ3v) is 3.45. The van der Waals surface area contributed by atoms with Gasteiger partial charge in [-0.25, -0.2) is 9.97 Å². The second-order valence-corrected chi connectivity index (χ2v) is 5.42. The average Bonchev–Trinajstić information content (AvgIpc) is 2.63. The van der Waals surface area contributed by atoms with Gasteiger partial charge in [-0.3, -0.25) is 4.79 Å². The third-order valence-electron chi connectivity index (χ3n) is 3.45. The summed E-state index contributed by atoms with van der Waals surface area (Å²) in [6, 6.07) is 16.6. The average molecular weight is 329 g/mol. The summed E-state index contributed by atoms with van der Waals surface area (Å²) in [5.74, 6) is 0.194. The van der Waals surface area contributed by atoms with Crippen molar-refractivity contribution in [3.05, 3.63) is 77.7 Å². The Labute approximate surface area is 145 Å². The fraction of sp³-hybridized carbons (Fsp3) is 0.0526. The fourth-order valence-corrected chi connectivity index (χ4v) is 2.20. The molecule has 6 heteroatoms. The van der Waals surface area contributed by atoms with Crippen LogP contribution in [-0.4, -0.2) is 15.9 Å². The molecule has 1 aromatic heterocycles. The molecule has 1 heterocycles. The number of nitriles is 1. The maximum Gasteiger partial charge on any atom is 0.275 e. The maximum atomic E-state index is 12.2. The zero-order valence-electron chi connectivity index (χ0n) is 13.5. The minimum atomic E-state index is -0.317. The first-order valence-corrected chi connectivity index (χ1v) is 7.61. The Bertz CT molecular complexity index is 927. The van der Waals surface area contributed by atoms with E-state index in [4.69, 9.17) is 5.26 Å². The lowest BCUT2D eigenvalue weighted by atomic mass is 10.2. The first-order chi connectivity index (χ1) is 12.1. The molecule has 122 valence electrons. The van der Waals surface area contributed by atoms with Gasteiger partial charge in [-0.15, -0.1) is 0 Å². The molecule has 2 N–H and O–H groups in total. The van der Waals surface area contributed by atoms with Gasteiger partial charge in [-0.05, 0) is 48.9 Å². The van der Waals surface area contributed by atoms with Crippen LogP contribution in [0.2, 0.25) is 0 Å². The standard InChI is InChI=1S/C19H15N5O/c1-13-3-2-4-16(9-13)24-19(25)17-11-22-18(12-21-17)23-15-7-5-14(10-20)6-8-15/h2-9,11-12H,1H3,(H,22,23)(H,24,25). The van der Waals surface area contributed by atoms with Crippen molar-refractivity contribution in [1.29, 1.82) is 5.26 Å². The van der Waals surface area contributed by atoms with Gasteiger partial charge in [0.2, 0.25) is 0 Å². The summed E-state index contributed by atoms with van der Waals surface area (Å²) in [5.41, 5.74) is 3.37. The molecule has 0 saturated carbocycles. The summed E-state index contributed by atoms with van der Waals surface area (Å²) in [5, 5.41) is 14.6. The third kappa shape index (κ3) is 4.18. The van der Waals surface area contributed by atoms with Gasteiger partial charge in [0.1, 0.15) is 11.5 Å². The predicted octanol–water partition coefficient (Wildman–Crippen LogP) is 3.65. The summed E-state index contributed by atoms with van der Waals surface area (Å²) in [6.45, 7) is 1.96. The van der Waals surface area contributed by atoms with Crippen LogP contribution in [0.15, 0.2) is 60.9 Å². The molecular formula is C19H15N5O. The quantitative estimate of drug-likeness (QED) is 0.762. The summed E-state index contributed by atoms with van der Waals surface area (Å²) >= 11 is 0. The molecular weight excluding hydrogens is 314 g/mol. The number of rotatable bonds is 4. The van der Waals surface area contributed by atoms with Crippen molar-refractivity contribution in [3.8, 4) is 6.07 Å². The van der Waals surface area contributed by atoms with E-state index < -0.39 is 0 Å². The molecule has 0 spiro atoms. The Balaban J connectivity index is 1.66. The molecule has 0 unspecified atom stereocenters. The first-order valence-electron chi connectivity index (χ1n) is 7.61. The number of amides is 1. The number of aromatic nitrogens is 2. The number of hydrogen-bond acceptors (Lipinski definition) is 5. The van der Waals surface area contributed by atoms with E-state index in [0.717, 1.165) is 11.3 Å². The van der Waals surface area contributed by atoms with Gasteiger partial charge in [-0.2, -0.15) is 5.26 Å². The van der Waals surface area contributed by atoms with Crippen LogP contribution in [0.1, 0.15) is 21.6 Å². The zero-order chi connectivity index (χ0) is 17.6. The molecule has 0 radical (unpaired) electrons. The van der Waals surface area contributed by atoms with E-state index in [1.807, 2.05) is 31.2 Å². The van der Waals surface area contributed by atoms with Gasteiger partial charge in [-0.1, -0.05) is 12.1 Å². The van der Waals surface area contributed by atoms with E-state index >= 15 is 0 Å². The molecule has 3 aromatic rings. The zero-order valence-corrected chi connectivity index (χ0v) is 13.5. The molecule has 0 saturated heterocycles. The molecule has 3 rings (SSSR count). The van der Waals surface area contributed by atoms with Crippen molar-refractivity contribution in [2.24, 2.45) is 0 Å². The van der Waals surface area contributed by atoms with E-state index in [2.05, 4.69) is 26.7 Å². The highest BCUT2D eigenvalue weighted by Crippen LogP contribution is 2.15. The Morgan fingerprint density at radius 3 is 2.48 bits per heavy atom. The Morgan fingerprint density at radius 1 is 1.04 bits per heavy atom. The molecule has 0 fully saturated rings. The monoisotopic (exact) mass is 329 g/mol. The number of carbonyl (C=O) groups is 1. The topological polar surface area (TPSA) is 90.7 Å². The van der Waals surface area contributed by atoms with Crippen LogP contribution in [0.4, 0.5) is 17.2 Å². The molecule has 0 aliphatic rings. The summed E-state index contributed by atoms with van der Waals surface area (Å²) < 4.78 is 0. The summed E-state index contributed by atoms with van der Waals surface area (Å²) in [4.78, 5) is 20.5. The molecule has 25 heavy (non-hydrogen) atoms. The van der Waals surface area contributed by atoms with Crippen LogP contribution in [0, 0.1) is 18.3 Å². The molecule has 0 aliphatic heterocycles. The number of nitrogens with one attached hydrogen (secondary N) is 2. The van der Waals surface area contributed by atoms with Gasteiger partial charge < -0.3 is 10.6 Å². The van der Waals surface area contributed by atoms with Crippen molar-refractivity contribution >= 4 is 23.1 Å². The second-order valence-electron chi connectivity index (χ2n) is 5.42. The number of anilines is 3. The van der Waals surface area contributed by atoms with Crippen LogP contribution in [0.5, 0.6) is 0 Å². The molecule has 2 aromatic carbocycles. The lowest BCUT2D eigenvalue weighted by molar-refractivity contribution is 0.102. The predicted molar refractivity (Wildman–Crippen MR) is 95.6 cm³/mol. The van der Waals surface area contributed by atoms with Crippen LogP contribution >= 0.6 is 0 Å². The van der Waals surface area contributed by atoms with Gasteiger partial charge in [0, 0.05) is 11.4 Å². The van der Waals surface area contributed by atoms with Crippen LogP contribution < -0.4 is 10.6 Å². The smallest absolute Gasteiger partial charge is 0.275 e. The lowest BCUT2D eigenvalue weighted by Gasteiger charge is -2.07. The van der Waals surface area contributed by atoms with Gasteiger partial charge >= 0.3 is 0 Å². The molecule has 0 atom stereocenters. The van der Waals surface area contributed by atoms with Crippen molar-refractivity contribution in [1.82, 2.24) is 9.97 Å². The number of hydrogen-bond donors (Lipinski definition) is 2. The fourth-order valence-electron chi connectivity index (χ4n) is 2.20. The maximum absolute atomic E-state index is 12.2. The van der Waals surface area contributed by atoms with Crippen LogP contribution in [-0.2, 0) is 0 Å². The molecule has 0 aliphatic carbocycles. The minimum Gasteiger partial charge on any atom is -0.339 e. The van der Waals surface area contributed by atoms with Gasteiger partial charge in [0.25, 0.3) is 5.91 Å². The molecule has 6 nitrogen and oxygen atoms in total. The van der Waals surface area contributed by atoms with Crippen molar-refractivity contribution < 1.29 is 4.79 Å². The number of aryl methyl sites for hydroxylation is 1. The SMILES string of the molecule is Cc1cccc(NC(=O)c2cnc(Nc3ccc(C#N)cc3)cn2)c1. The number of nitrogens with zero attached hydrogens (tertiary/aromatic N) is 3. The molecule has 1 amide bonds. The van der Waals surface area contributed by atoms with Gasteiger partial charge in [0.05, 0.1) is 24.0 Å². The Morgan fingerprint density at radius 2 is 1.84 bits per heavy atom. The lowest BCUT2D eigenvalue weighted by Crippen LogP contribution is -2.14. The molecule has 0 bridgehead atoms. The van der Waals surface area contributed by atoms with Crippen LogP contribution in [0.3, 0.4) is 0 Å². The highest BCUT2D eigenvalue weighted by Gasteiger charge is 2.08. The number of carbonyl (C=O) groups excluding carboxylic acids is 1. The Hall–Kier alpha value is -3.72. The van der Waals surface area contributed by atoms with E-state index in [0.29, 0.717) is 17.1 Å². The van der Waals surface area contributed by atoms with Crippen molar-refractivity contribution in [2.75, 3.05) is 10.6 Å². The van der Waals surface area contributed by atoms with Crippen LogP contribution in [0.25, 0.3) is 0 Å². The highest BCUT2D eigenvalue weighted by atomic mass is 16.1. The highest BCUT2D eigenvalue weighted by molar-refractivity contribution is 6.02. The number of benzene rings is 2. The second kappa shape index (κ2) is 7.23. The van der Waals surface area contributed by atoms with Crippen molar-refractivity contribution in [2.45, 2.75) is 6.92 Å². The van der Waals surface area contributed by atoms with E-state index in [1.165, 1.54) is 12.4 Å². The normalized spacial score (nSPS) is 9.92. The van der Waals surface area contributed by atoms with E-state index in [-0.39, 0.29) is 11.6 Å². The Kier molecular flexibility index (Phi) is 4.67. The van der Waals surface area contributed by atoms with E-state index in [9.17, 15) is 4.79 Å². The summed E-state index contributed by atoms with van der Waals surface area (Å²) in [7, 11) is 0. The largest absolute Gasteiger partial charge is 0.339 e. The summed E-state index contributed by atoms with van der Waals surface area (Å²) in [6.07, 6.45) is 2.90. The first kappa shape index (κ1) is 16.1. The van der Waals surface area contributed by atoms with E-state index in [1.54, 1.807) is 24.3 Å². The minimum absolute atomic E-state index is 0.229. The van der Waals surface area contributed by atoms with Gasteiger partial charge in [0.15, 0.2) is 0 Å². The van der Waals surface area contributed by atoms with Crippen molar-refractivity contribution in [3.63, 3.8) is 0 Å².